The summed E-state index contributed by atoms with van der Waals surface area (Å²) in [6.45, 7) is 4.08. The molecule has 0 atom stereocenters. The third kappa shape index (κ3) is 7.75. The minimum Gasteiger partial charge on any atom is -0.478 e. The van der Waals surface area contributed by atoms with Gasteiger partial charge in [-0.25, -0.2) is 14.6 Å². The van der Waals surface area contributed by atoms with Crippen LogP contribution in [0.5, 0.6) is 0 Å². The van der Waals surface area contributed by atoms with E-state index in [9.17, 15) is 14.7 Å². The van der Waals surface area contributed by atoms with Crippen LogP contribution < -0.4 is 5.32 Å². The van der Waals surface area contributed by atoms with E-state index < -0.39 is 12.1 Å². The second kappa shape index (κ2) is 13.6. The maximum absolute atomic E-state index is 12.0. The number of amides is 1. The monoisotopic (exact) mass is 625 g/mol. The van der Waals surface area contributed by atoms with Crippen LogP contribution in [-0.4, -0.2) is 32.8 Å². The number of hydrogen-bond acceptors (Lipinski definition) is 4. The second-order valence-electron chi connectivity index (χ2n) is 10.4. The van der Waals surface area contributed by atoms with E-state index in [0.29, 0.717) is 33.8 Å². The third-order valence-electron chi connectivity index (χ3n) is 6.69. The molecule has 0 spiro atoms. The van der Waals surface area contributed by atoms with Crippen molar-refractivity contribution >= 4 is 53.1 Å². The van der Waals surface area contributed by atoms with Gasteiger partial charge in [-0.15, -0.1) is 0 Å². The fourth-order valence-corrected chi connectivity index (χ4v) is 5.07. The number of nitrogens with zero attached hydrogens (tertiary/aromatic N) is 2. The number of carboxylic acids is 1. The Balaban J connectivity index is 1.39. The summed E-state index contributed by atoms with van der Waals surface area (Å²) >= 11 is 12.6. The molecule has 9 heteroatoms. The molecule has 5 aromatic rings. The van der Waals surface area contributed by atoms with Gasteiger partial charge in [0.1, 0.15) is 5.82 Å². The lowest BCUT2D eigenvalue weighted by Gasteiger charge is -2.10. The number of hydrogen-bond donors (Lipinski definition) is 2. The molecule has 0 fully saturated rings. The van der Waals surface area contributed by atoms with Gasteiger partial charge in [-0.1, -0.05) is 77.8 Å². The quantitative estimate of drug-likeness (QED) is 0.170. The van der Waals surface area contributed by atoms with Crippen LogP contribution in [0, 0.1) is 0 Å². The van der Waals surface area contributed by atoms with Crippen LogP contribution in [0.3, 0.4) is 0 Å². The highest BCUT2D eigenvalue weighted by atomic mass is 35.5. The molecule has 0 bridgehead atoms. The highest BCUT2D eigenvalue weighted by Crippen LogP contribution is 2.31. The van der Waals surface area contributed by atoms with Crippen molar-refractivity contribution in [3.63, 3.8) is 0 Å². The predicted octanol–water partition coefficient (Wildman–Crippen LogP) is 9.40. The van der Waals surface area contributed by atoms with Crippen molar-refractivity contribution in [1.82, 2.24) is 9.55 Å². The molecule has 1 heterocycles. The van der Waals surface area contributed by atoms with Crippen molar-refractivity contribution in [2.45, 2.75) is 26.5 Å². The first-order chi connectivity index (χ1) is 21.1. The molecule has 222 valence electrons. The molecule has 0 unspecified atom stereocenters. The van der Waals surface area contributed by atoms with E-state index in [1.165, 1.54) is 0 Å². The van der Waals surface area contributed by atoms with E-state index in [2.05, 4.69) is 5.32 Å². The Bertz CT molecular complexity index is 1830. The number of imidazole rings is 1. The molecule has 44 heavy (non-hydrogen) atoms. The van der Waals surface area contributed by atoms with Gasteiger partial charge in [-0.2, -0.15) is 0 Å². The number of nitrogens with one attached hydrogen (secondary N) is 1. The number of carbonyl (C=O) groups is 2. The molecular formula is C35H29Cl2N3O4. The Morgan fingerprint density at radius 2 is 1.68 bits per heavy atom. The summed E-state index contributed by atoms with van der Waals surface area (Å²) in [6.07, 6.45) is 5.13. The second-order valence-corrected chi connectivity index (χ2v) is 11.2. The molecule has 1 amide bonds. The smallest absolute Gasteiger partial charge is 0.411 e. The van der Waals surface area contributed by atoms with E-state index in [-0.39, 0.29) is 11.7 Å². The lowest BCUT2D eigenvalue weighted by atomic mass is 10.0. The number of carbonyl (C=O) groups excluding carboxylic acids is 1. The average molecular weight is 627 g/mol. The van der Waals surface area contributed by atoms with E-state index in [0.717, 1.165) is 27.8 Å². The molecule has 0 aliphatic rings. The molecule has 0 aliphatic carbocycles. The fourth-order valence-electron chi connectivity index (χ4n) is 4.56. The molecule has 5 rings (SSSR count). The van der Waals surface area contributed by atoms with Gasteiger partial charge in [0, 0.05) is 29.0 Å². The Morgan fingerprint density at radius 1 is 0.932 bits per heavy atom. The highest BCUT2D eigenvalue weighted by Gasteiger charge is 2.13. The summed E-state index contributed by atoms with van der Waals surface area (Å²) in [7, 11) is 0. The normalized spacial score (nSPS) is 11.2. The van der Waals surface area contributed by atoms with Crippen LogP contribution in [0.1, 0.15) is 41.2 Å². The van der Waals surface area contributed by atoms with Crippen LogP contribution in [0.2, 0.25) is 10.0 Å². The summed E-state index contributed by atoms with van der Waals surface area (Å²) in [6, 6.07) is 27.7. The molecule has 2 N–H and O–H groups in total. The van der Waals surface area contributed by atoms with Crippen molar-refractivity contribution in [2.24, 2.45) is 0 Å². The summed E-state index contributed by atoms with van der Waals surface area (Å²) in [5.41, 5.74) is 6.17. The molecule has 7 nitrogen and oxygen atoms in total. The van der Waals surface area contributed by atoms with Crippen molar-refractivity contribution < 1.29 is 19.4 Å². The van der Waals surface area contributed by atoms with Gasteiger partial charge in [0.25, 0.3) is 0 Å². The topological polar surface area (TPSA) is 93.5 Å². The number of rotatable bonds is 9. The average Bonchev–Trinajstić information content (AvgIpc) is 3.38. The molecule has 0 saturated heterocycles. The van der Waals surface area contributed by atoms with Crippen molar-refractivity contribution in [2.75, 3.05) is 5.32 Å². The van der Waals surface area contributed by atoms with Crippen molar-refractivity contribution in [1.29, 1.82) is 0 Å². The number of aromatic carboxylic acids is 1. The van der Waals surface area contributed by atoms with E-state index >= 15 is 0 Å². The number of halogens is 2. The Morgan fingerprint density at radius 3 is 2.36 bits per heavy atom. The first kappa shape index (κ1) is 30.6. The summed E-state index contributed by atoms with van der Waals surface area (Å²) in [5, 5.41) is 13.0. The SMILES string of the molecule is CC(C)OC(=O)Nc1cccc(-c2ccc(C=Cc3nc(-c4ccc(Cl)cc4Cl)cn3Cc3ccc(C(=O)O)cc3)cc2)c1. The summed E-state index contributed by atoms with van der Waals surface area (Å²) < 4.78 is 7.16. The lowest BCUT2D eigenvalue weighted by Crippen LogP contribution is -2.17. The third-order valence-corrected chi connectivity index (χ3v) is 7.24. The number of carboxylic acid groups (broad SMARTS) is 1. The van der Waals surface area contributed by atoms with Gasteiger partial charge in [-0.05, 0) is 84.6 Å². The fraction of sp³-hybridized carbons (Fsp3) is 0.114. The minimum atomic E-state index is -0.968. The van der Waals surface area contributed by atoms with Crippen LogP contribution >= 0.6 is 23.2 Å². The molecule has 1 aromatic heterocycles. The number of aromatic nitrogens is 2. The van der Waals surface area contributed by atoms with Crippen molar-refractivity contribution in [3.8, 4) is 22.4 Å². The van der Waals surface area contributed by atoms with Crippen LogP contribution in [0.15, 0.2) is 97.2 Å². The Labute approximate surface area is 265 Å². The van der Waals surface area contributed by atoms with Crippen LogP contribution in [0.4, 0.5) is 10.5 Å². The van der Waals surface area contributed by atoms with Gasteiger partial charge in [0.15, 0.2) is 0 Å². The number of anilines is 1. The summed E-state index contributed by atoms with van der Waals surface area (Å²) in [4.78, 5) is 28.1. The number of benzene rings is 4. The molecular weight excluding hydrogens is 597 g/mol. The van der Waals surface area contributed by atoms with Crippen molar-refractivity contribution in [3.05, 3.63) is 130 Å². The maximum atomic E-state index is 12.0. The molecule has 0 radical (unpaired) electrons. The van der Waals surface area contributed by atoms with Gasteiger partial charge >= 0.3 is 12.1 Å². The Kier molecular flexibility index (Phi) is 9.48. The zero-order chi connectivity index (χ0) is 31.2. The van der Waals surface area contributed by atoms with E-state index in [4.69, 9.17) is 32.9 Å². The first-order valence-electron chi connectivity index (χ1n) is 13.9. The standard InChI is InChI=1S/C35H29Cl2N3O4/c1-22(2)44-35(43)38-29-5-3-4-27(18-29)25-11-6-23(7-12-25)10-17-33-39-32(30-16-15-28(36)19-31(30)37)21-40(33)20-24-8-13-26(14-9-24)34(41)42/h3-19,21-22H,20H2,1-2H3,(H,38,43)(H,41,42). The number of ether oxygens (including phenoxy) is 1. The minimum absolute atomic E-state index is 0.205. The first-order valence-corrected chi connectivity index (χ1v) is 14.6. The van der Waals surface area contributed by atoms with Crippen LogP contribution in [-0.2, 0) is 11.3 Å². The van der Waals surface area contributed by atoms with Crippen LogP contribution in [0.25, 0.3) is 34.5 Å². The van der Waals surface area contributed by atoms with Gasteiger partial charge < -0.3 is 14.4 Å². The van der Waals surface area contributed by atoms with Gasteiger partial charge in [0.2, 0.25) is 0 Å². The summed E-state index contributed by atoms with van der Waals surface area (Å²) in [5.74, 6) is -0.270. The largest absolute Gasteiger partial charge is 0.478 e. The zero-order valence-electron chi connectivity index (χ0n) is 24.0. The molecule has 0 saturated carbocycles. The predicted molar refractivity (Wildman–Crippen MR) is 176 cm³/mol. The van der Waals surface area contributed by atoms with E-state index in [1.54, 1.807) is 50.2 Å². The highest BCUT2D eigenvalue weighted by molar-refractivity contribution is 6.36. The lowest BCUT2D eigenvalue weighted by molar-refractivity contribution is 0.0696. The zero-order valence-corrected chi connectivity index (χ0v) is 25.5. The Hall–Kier alpha value is -4.85. The van der Waals surface area contributed by atoms with E-state index in [1.807, 2.05) is 77.5 Å². The molecule has 0 aliphatic heterocycles. The van der Waals surface area contributed by atoms with Gasteiger partial charge in [0.05, 0.1) is 22.4 Å². The molecule has 4 aromatic carbocycles. The van der Waals surface area contributed by atoms with Gasteiger partial charge in [-0.3, -0.25) is 5.32 Å². The maximum Gasteiger partial charge on any atom is 0.411 e.